The third-order valence-electron chi connectivity index (χ3n) is 3.82. The van der Waals surface area contributed by atoms with Crippen molar-refractivity contribution in [2.45, 2.75) is 26.3 Å². The number of H-pyrrole nitrogens is 1. The zero-order valence-corrected chi connectivity index (χ0v) is 11.2. The van der Waals surface area contributed by atoms with Crippen LogP contribution in [0.5, 0.6) is 0 Å². The Morgan fingerprint density at radius 3 is 2.84 bits per heavy atom. The molecular weight excluding hydrogens is 236 g/mol. The molecule has 1 aromatic carbocycles. The van der Waals surface area contributed by atoms with Crippen LogP contribution < -0.4 is 5.73 Å². The average Bonchev–Trinajstić information content (AvgIpc) is 3.04. The van der Waals surface area contributed by atoms with Crippen molar-refractivity contribution in [2.24, 2.45) is 5.73 Å². The summed E-state index contributed by atoms with van der Waals surface area (Å²) in [5.41, 5.74) is 11.2. The van der Waals surface area contributed by atoms with Gasteiger partial charge >= 0.3 is 0 Å². The van der Waals surface area contributed by atoms with Crippen molar-refractivity contribution in [1.29, 1.82) is 0 Å². The Morgan fingerprint density at radius 2 is 2.11 bits per heavy atom. The maximum atomic E-state index is 6.18. The van der Waals surface area contributed by atoms with Crippen molar-refractivity contribution < 1.29 is 4.42 Å². The molecule has 2 aromatic heterocycles. The van der Waals surface area contributed by atoms with Crippen LogP contribution in [0.4, 0.5) is 0 Å². The van der Waals surface area contributed by atoms with Gasteiger partial charge in [-0.2, -0.15) is 0 Å². The molecule has 0 radical (unpaired) electrons. The first-order valence-corrected chi connectivity index (χ1v) is 6.52. The fourth-order valence-electron chi connectivity index (χ4n) is 2.52. The van der Waals surface area contributed by atoms with E-state index in [1.165, 1.54) is 27.6 Å². The molecule has 1 atom stereocenters. The lowest BCUT2D eigenvalue weighted by atomic mass is 10.0. The SMILES string of the molecule is Cc1ccc2c(CC(N)c3ccco3)c[nH]c2c1C. The van der Waals surface area contributed by atoms with Crippen LogP contribution in [0.15, 0.2) is 41.1 Å². The van der Waals surface area contributed by atoms with Crippen molar-refractivity contribution in [1.82, 2.24) is 4.98 Å². The summed E-state index contributed by atoms with van der Waals surface area (Å²) in [4.78, 5) is 3.36. The highest BCUT2D eigenvalue weighted by Gasteiger charge is 2.13. The van der Waals surface area contributed by atoms with Crippen molar-refractivity contribution in [3.63, 3.8) is 0 Å². The largest absolute Gasteiger partial charge is 0.468 e. The fraction of sp³-hybridized carbons (Fsp3) is 0.250. The number of nitrogens with two attached hydrogens (primary N) is 1. The summed E-state index contributed by atoms with van der Waals surface area (Å²) in [7, 11) is 0. The van der Waals surface area contributed by atoms with Gasteiger partial charge in [0.15, 0.2) is 0 Å². The number of aryl methyl sites for hydroxylation is 2. The van der Waals surface area contributed by atoms with E-state index in [-0.39, 0.29) is 6.04 Å². The summed E-state index contributed by atoms with van der Waals surface area (Å²) in [6.45, 7) is 4.27. The van der Waals surface area contributed by atoms with Gasteiger partial charge in [0.25, 0.3) is 0 Å². The van der Waals surface area contributed by atoms with Gasteiger partial charge in [-0.15, -0.1) is 0 Å². The molecule has 3 aromatic rings. The van der Waals surface area contributed by atoms with Gasteiger partial charge in [-0.05, 0) is 49.1 Å². The smallest absolute Gasteiger partial charge is 0.120 e. The van der Waals surface area contributed by atoms with Crippen molar-refractivity contribution in [2.75, 3.05) is 0 Å². The third-order valence-corrected chi connectivity index (χ3v) is 3.82. The highest BCUT2D eigenvalue weighted by atomic mass is 16.3. The summed E-state index contributed by atoms with van der Waals surface area (Å²) in [6.07, 6.45) is 4.49. The number of hydrogen-bond donors (Lipinski definition) is 2. The Labute approximate surface area is 112 Å². The van der Waals surface area contributed by atoms with Gasteiger partial charge in [-0.3, -0.25) is 0 Å². The van der Waals surface area contributed by atoms with Crippen LogP contribution in [0.2, 0.25) is 0 Å². The molecule has 0 spiro atoms. The molecule has 3 heteroatoms. The van der Waals surface area contributed by atoms with Gasteiger partial charge in [0.05, 0.1) is 12.3 Å². The number of fused-ring (bicyclic) bond motifs is 1. The van der Waals surface area contributed by atoms with Crippen LogP contribution in [-0.2, 0) is 6.42 Å². The van der Waals surface area contributed by atoms with Crippen molar-refractivity contribution in [3.8, 4) is 0 Å². The zero-order valence-electron chi connectivity index (χ0n) is 11.2. The van der Waals surface area contributed by atoms with E-state index in [9.17, 15) is 0 Å². The van der Waals surface area contributed by atoms with Gasteiger partial charge in [0, 0.05) is 17.1 Å². The lowest BCUT2D eigenvalue weighted by molar-refractivity contribution is 0.465. The second kappa shape index (κ2) is 4.59. The van der Waals surface area contributed by atoms with E-state index in [4.69, 9.17) is 10.2 Å². The number of aromatic nitrogens is 1. The Kier molecular flexibility index (Phi) is 2.91. The molecule has 2 heterocycles. The molecule has 0 aliphatic rings. The molecule has 3 nitrogen and oxygen atoms in total. The number of furan rings is 1. The van der Waals surface area contributed by atoms with Crippen LogP contribution in [0, 0.1) is 13.8 Å². The van der Waals surface area contributed by atoms with Crippen LogP contribution in [0.3, 0.4) is 0 Å². The molecule has 0 aliphatic carbocycles. The summed E-state index contributed by atoms with van der Waals surface area (Å²) >= 11 is 0. The Bertz CT molecular complexity index is 695. The predicted octanol–water partition coefficient (Wildman–Crippen LogP) is 3.62. The number of aromatic amines is 1. The molecular formula is C16H18N2O. The van der Waals surface area contributed by atoms with Gasteiger partial charge in [-0.1, -0.05) is 12.1 Å². The van der Waals surface area contributed by atoms with Gasteiger partial charge in [0.2, 0.25) is 0 Å². The number of benzene rings is 1. The van der Waals surface area contributed by atoms with Crippen LogP contribution in [-0.4, -0.2) is 4.98 Å². The van der Waals surface area contributed by atoms with Crippen LogP contribution in [0.25, 0.3) is 10.9 Å². The monoisotopic (exact) mass is 254 g/mol. The first-order valence-electron chi connectivity index (χ1n) is 6.52. The predicted molar refractivity (Wildman–Crippen MR) is 77.1 cm³/mol. The average molecular weight is 254 g/mol. The molecule has 19 heavy (non-hydrogen) atoms. The van der Waals surface area contributed by atoms with Gasteiger partial charge in [0.1, 0.15) is 5.76 Å². The van der Waals surface area contributed by atoms with Crippen molar-refractivity contribution in [3.05, 3.63) is 59.2 Å². The molecule has 0 aliphatic heterocycles. The zero-order chi connectivity index (χ0) is 13.4. The number of nitrogens with one attached hydrogen (secondary N) is 1. The standard InChI is InChI=1S/C16H18N2O/c1-10-5-6-13-12(9-18-16(13)11(10)2)8-14(17)15-4-3-7-19-15/h3-7,9,14,18H,8,17H2,1-2H3. The summed E-state index contributed by atoms with van der Waals surface area (Å²) in [5.74, 6) is 0.832. The molecule has 1 unspecified atom stereocenters. The second-order valence-corrected chi connectivity index (χ2v) is 5.07. The third kappa shape index (κ3) is 2.06. The lowest BCUT2D eigenvalue weighted by Crippen LogP contribution is -2.12. The number of rotatable bonds is 3. The lowest BCUT2D eigenvalue weighted by Gasteiger charge is -2.08. The molecule has 98 valence electrons. The minimum Gasteiger partial charge on any atom is -0.468 e. The van der Waals surface area contributed by atoms with E-state index in [1.54, 1.807) is 6.26 Å². The molecule has 0 bridgehead atoms. The van der Waals surface area contributed by atoms with E-state index in [0.717, 1.165) is 12.2 Å². The second-order valence-electron chi connectivity index (χ2n) is 5.07. The van der Waals surface area contributed by atoms with Gasteiger partial charge < -0.3 is 15.1 Å². The van der Waals surface area contributed by atoms with E-state index in [0.29, 0.717) is 0 Å². The highest BCUT2D eigenvalue weighted by molar-refractivity contribution is 5.86. The molecule has 0 amide bonds. The summed E-state index contributed by atoms with van der Waals surface area (Å²) in [5, 5.41) is 1.25. The highest BCUT2D eigenvalue weighted by Crippen LogP contribution is 2.26. The van der Waals surface area contributed by atoms with Gasteiger partial charge in [-0.25, -0.2) is 0 Å². The normalized spacial score (nSPS) is 13.0. The maximum absolute atomic E-state index is 6.18. The van der Waals surface area contributed by atoms with E-state index >= 15 is 0 Å². The van der Waals surface area contributed by atoms with Crippen LogP contribution in [0.1, 0.15) is 28.5 Å². The quantitative estimate of drug-likeness (QED) is 0.750. The first-order chi connectivity index (χ1) is 9.16. The molecule has 0 saturated heterocycles. The van der Waals surface area contributed by atoms with Crippen molar-refractivity contribution >= 4 is 10.9 Å². The summed E-state index contributed by atoms with van der Waals surface area (Å²) < 4.78 is 5.36. The summed E-state index contributed by atoms with van der Waals surface area (Å²) in [6, 6.07) is 8.02. The topological polar surface area (TPSA) is 54.9 Å². The van der Waals surface area contributed by atoms with E-state index < -0.39 is 0 Å². The van der Waals surface area contributed by atoms with E-state index in [1.807, 2.05) is 12.1 Å². The molecule has 3 N–H and O–H groups in total. The Hall–Kier alpha value is -2.00. The molecule has 0 fully saturated rings. The molecule has 3 rings (SSSR count). The van der Waals surface area contributed by atoms with Crippen LogP contribution >= 0.6 is 0 Å². The minimum atomic E-state index is -0.101. The Balaban J connectivity index is 1.96. The minimum absolute atomic E-state index is 0.101. The first kappa shape index (κ1) is 12.1. The fourth-order valence-corrected chi connectivity index (χ4v) is 2.52. The Morgan fingerprint density at radius 1 is 1.26 bits per heavy atom. The molecule has 0 saturated carbocycles. The number of hydrogen-bond acceptors (Lipinski definition) is 2. The maximum Gasteiger partial charge on any atom is 0.120 e. The van der Waals surface area contributed by atoms with E-state index in [2.05, 4.69) is 37.2 Å².